The molecule has 114 valence electrons. The summed E-state index contributed by atoms with van der Waals surface area (Å²) in [6, 6.07) is 0. The van der Waals surface area contributed by atoms with Crippen molar-refractivity contribution in [3.63, 3.8) is 0 Å². The van der Waals surface area contributed by atoms with Crippen molar-refractivity contribution in [1.29, 1.82) is 0 Å². The van der Waals surface area contributed by atoms with E-state index in [0.717, 1.165) is 20.8 Å². The predicted molar refractivity (Wildman–Crippen MR) is 64.4 cm³/mol. The highest BCUT2D eigenvalue weighted by atomic mass is 16.6. The van der Waals surface area contributed by atoms with Gasteiger partial charge in [-0.15, -0.1) is 0 Å². The molecule has 1 N–H and O–H groups in total. The normalized spacial score (nSPS) is 14.6. The fourth-order valence-corrected chi connectivity index (χ4v) is 1.45. The first-order valence-electron chi connectivity index (χ1n) is 5.87. The number of rotatable bonds is 8. The molecule has 0 radical (unpaired) electrons. The third kappa shape index (κ3) is 7.47. The van der Waals surface area contributed by atoms with Crippen LogP contribution in [0.4, 0.5) is 0 Å². The first-order chi connectivity index (χ1) is 9.27. The molecular formula is C12H18O8. The summed E-state index contributed by atoms with van der Waals surface area (Å²) in [6.45, 7) is 2.89. The monoisotopic (exact) mass is 290 g/mol. The molecule has 0 fully saturated rings. The SMILES string of the molecule is CC(=O)OC[C@@H](O)[C@H](OC(C)=O)[C@H](CC=O)OC(C)=O. The van der Waals surface area contributed by atoms with Gasteiger partial charge in [-0.1, -0.05) is 0 Å². The zero-order valence-corrected chi connectivity index (χ0v) is 11.5. The van der Waals surface area contributed by atoms with Crippen molar-refractivity contribution in [2.24, 2.45) is 0 Å². The highest BCUT2D eigenvalue weighted by Gasteiger charge is 2.34. The van der Waals surface area contributed by atoms with Gasteiger partial charge in [0.2, 0.25) is 0 Å². The zero-order chi connectivity index (χ0) is 15.7. The molecule has 0 aliphatic heterocycles. The minimum absolute atomic E-state index is 0.269. The second-order valence-corrected chi connectivity index (χ2v) is 3.99. The molecule has 20 heavy (non-hydrogen) atoms. The van der Waals surface area contributed by atoms with Gasteiger partial charge in [0, 0.05) is 27.2 Å². The maximum Gasteiger partial charge on any atom is 0.303 e. The van der Waals surface area contributed by atoms with Gasteiger partial charge in [0.1, 0.15) is 25.1 Å². The molecule has 0 aliphatic carbocycles. The van der Waals surface area contributed by atoms with E-state index in [1.54, 1.807) is 0 Å². The van der Waals surface area contributed by atoms with E-state index in [-0.39, 0.29) is 6.42 Å². The van der Waals surface area contributed by atoms with E-state index in [9.17, 15) is 24.3 Å². The lowest BCUT2D eigenvalue weighted by Crippen LogP contribution is -2.45. The molecule has 0 saturated heterocycles. The lowest BCUT2D eigenvalue weighted by Gasteiger charge is -2.28. The van der Waals surface area contributed by atoms with Gasteiger partial charge in [-0.3, -0.25) is 14.4 Å². The van der Waals surface area contributed by atoms with Gasteiger partial charge in [-0.25, -0.2) is 0 Å². The number of esters is 3. The highest BCUT2D eigenvalue weighted by molar-refractivity contribution is 5.68. The molecule has 3 atom stereocenters. The van der Waals surface area contributed by atoms with Crippen LogP contribution in [-0.2, 0) is 33.4 Å². The molecule has 0 aliphatic rings. The van der Waals surface area contributed by atoms with E-state index in [2.05, 4.69) is 4.74 Å². The summed E-state index contributed by atoms with van der Waals surface area (Å²) in [4.78, 5) is 43.2. The molecule has 0 amide bonds. The number of aliphatic hydroxyl groups excluding tert-OH is 1. The van der Waals surface area contributed by atoms with Crippen molar-refractivity contribution >= 4 is 24.2 Å². The Labute approximate surface area is 116 Å². The van der Waals surface area contributed by atoms with Crippen LogP contribution in [0.15, 0.2) is 0 Å². The van der Waals surface area contributed by atoms with Crippen molar-refractivity contribution < 1.29 is 38.5 Å². The minimum atomic E-state index is -1.42. The van der Waals surface area contributed by atoms with E-state index in [1.807, 2.05) is 0 Å². The van der Waals surface area contributed by atoms with Crippen molar-refractivity contribution in [3.8, 4) is 0 Å². The molecule has 0 saturated carbocycles. The van der Waals surface area contributed by atoms with Crippen LogP contribution < -0.4 is 0 Å². The standard InChI is InChI=1S/C12H18O8/c1-7(14)18-6-10(17)12(20-9(3)16)11(4-5-13)19-8(2)15/h5,10-12,17H,4,6H2,1-3H3/t10-,11+,12+/m1/s1. The fourth-order valence-electron chi connectivity index (χ4n) is 1.45. The fraction of sp³-hybridized carbons (Fsp3) is 0.667. The number of hydrogen-bond acceptors (Lipinski definition) is 8. The second kappa shape index (κ2) is 9.03. The van der Waals surface area contributed by atoms with Gasteiger partial charge >= 0.3 is 17.9 Å². The van der Waals surface area contributed by atoms with Gasteiger partial charge in [0.25, 0.3) is 0 Å². The third-order valence-corrected chi connectivity index (χ3v) is 2.15. The van der Waals surface area contributed by atoms with Crippen molar-refractivity contribution in [1.82, 2.24) is 0 Å². The second-order valence-electron chi connectivity index (χ2n) is 3.99. The summed E-state index contributed by atoms with van der Waals surface area (Å²) < 4.78 is 14.3. The summed E-state index contributed by atoms with van der Waals surface area (Å²) >= 11 is 0. The molecular weight excluding hydrogens is 272 g/mol. The highest BCUT2D eigenvalue weighted by Crippen LogP contribution is 2.14. The van der Waals surface area contributed by atoms with Crippen LogP contribution in [0, 0.1) is 0 Å². The number of aliphatic hydroxyl groups is 1. The average molecular weight is 290 g/mol. The molecule has 8 heteroatoms. The largest absolute Gasteiger partial charge is 0.463 e. The quantitative estimate of drug-likeness (QED) is 0.356. The van der Waals surface area contributed by atoms with E-state index >= 15 is 0 Å². The van der Waals surface area contributed by atoms with Crippen molar-refractivity contribution in [2.75, 3.05) is 6.61 Å². The van der Waals surface area contributed by atoms with Crippen LogP contribution in [0.5, 0.6) is 0 Å². The Hall–Kier alpha value is -1.96. The first kappa shape index (κ1) is 18.0. The Morgan fingerprint density at radius 1 is 1.05 bits per heavy atom. The summed E-state index contributed by atoms with van der Waals surface area (Å²) in [5.41, 5.74) is 0. The van der Waals surface area contributed by atoms with Crippen LogP contribution >= 0.6 is 0 Å². The Bertz CT molecular complexity index is 364. The molecule has 0 unspecified atom stereocenters. The molecule has 0 bridgehead atoms. The molecule has 0 aromatic rings. The number of hydrogen-bond donors (Lipinski definition) is 1. The first-order valence-corrected chi connectivity index (χ1v) is 5.87. The maximum atomic E-state index is 11.0. The topological polar surface area (TPSA) is 116 Å². The van der Waals surface area contributed by atoms with E-state index < -0.39 is 42.8 Å². The predicted octanol–water partition coefficient (Wildman–Crippen LogP) is -0.637. The van der Waals surface area contributed by atoms with Gasteiger partial charge in [-0.2, -0.15) is 0 Å². The van der Waals surface area contributed by atoms with E-state index in [4.69, 9.17) is 9.47 Å². The van der Waals surface area contributed by atoms with Crippen LogP contribution in [0.25, 0.3) is 0 Å². The molecule has 0 heterocycles. The lowest BCUT2D eigenvalue weighted by molar-refractivity contribution is -0.180. The lowest BCUT2D eigenvalue weighted by atomic mass is 10.1. The molecule has 8 nitrogen and oxygen atoms in total. The van der Waals surface area contributed by atoms with Gasteiger partial charge in [0.05, 0.1) is 0 Å². The Morgan fingerprint density at radius 2 is 1.60 bits per heavy atom. The number of carbonyl (C=O) groups is 4. The number of aldehydes is 1. The molecule has 0 aromatic heterocycles. The number of carbonyl (C=O) groups excluding carboxylic acids is 4. The van der Waals surface area contributed by atoms with Crippen LogP contribution in [-0.4, -0.2) is 54.2 Å². The Balaban J connectivity index is 4.94. The van der Waals surface area contributed by atoms with E-state index in [1.165, 1.54) is 0 Å². The van der Waals surface area contributed by atoms with Gasteiger partial charge in [-0.05, 0) is 0 Å². The van der Waals surface area contributed by atoms with Crippen molar-refractivity contribution in [2.45, 2.75) is 45.5 Å². The van der Waals surface area contributed by atoms with Crippen LogP contribution in [0.3, 0.4) is 0 Å². The average Bonchev–Trinajstić information content (AvgIpc) is 2.31. The van der Waals surface area contributed by atoms with Gasteiger partial charge < -0.3 is 24.1 Å². The molecule has 0 rings (SSSR count). The summed E-state index contributed by atoms with van der Waals surface area (Å²) in [7, 11) is 0. The van der Waals surface area contributed by atoms with Crippen LogP contribution in [0.1, 0.15) is 27.2 Å². The van der Waals surface area contributed by atoms with Crippen LogP contribution in [0.2, 0.25) is 0 Å². The van der Waals surface area contributed by atoms with Crippen molar-refractivity contribution in [3.05, 3.63) is 0 Å². The molecule has 0 aromatic carbocycles. The van der Waals surface area contributed by atoms with E-state index in [0.29, 0.717) is 6.29 Å². The number of ether oxygens (including phenoxy) is 3. The third-order valence-electron chi connectivity index (χ3n) is 2.15. The maximum absolute atomic E-state index is 11.0. The zero-order valence-electron chi connectivity index (χ0n) is 11.5. The minimum Gasteiger partial charge on any atom is -0.463 e. The Kier molecular flexibility index (Phi) is 8.14. The summed E-state index contributed by atoms with van der Waals surface area (Å²) in [6.07, 6.45) is -3.69. The summed E-state index contributed by atoms with van der Waals surface area (Å²) in [5.74, 6) is -2.07. The summed E-state index contributed by atoms with van der Waals surface area (Å²) in [5, 5.41) is 9.85. The molecule has 0 spiro atoms. The Morgan fingerprint density at radius 3 is 2.00 bits per heavy atom. The smallest absolute Gasteiger partial charge is 0.303 e. The van der Waals surface area contributed by atoms with Gasteiger partial charge in [0.15, 0.2) is 6.10 Å².